The van der Waals surface area contributed by atoms with Crippen LogP contribution in [-0.4, -0.2) is 47.4 Å². The lowest BCUT2D eigenvalue weighted by molar-refractivity contribution is -0.143. The van der Waals surface area contributed by atoms with E-state index in [9.17, 15) is 19.8 Å². The molecule has 3 N–H and O–H groups in total. The molecular weight excluding hydrogens is 779 g/mol. The second kappa shape index (κ2) is 53.5. The van der Waals surface area contributed by atoms with Gasteiger partial charge in [-0.1, -0.05) is 290 Å². The normalized spacial score (nSPS) is 12.5. The molecule has 0 saturated heterocycles. The van der Waals surface area contributed by atoms with Crippen LogP contribution in [0.3, 0.4) is 0 Å². The number of aliphatic hydroxyl groups excluding tert-OH is 2. The molecule has 0 heterocycles. The number of esters is 1. The van der Waals surface area contributed by atoms with Crippen molar-refractivity contribution in [2.45, 2.75) is 341 Å². The Balaban J connectivity index is 3.40. The summed E-state index contributed by atoms with van der Waals surface area (Å²) in [6.07, 6.45) is 60.9. The number of hydrogen-bond acceptors (Lipinski definition) is 5. The third kappa shape index (κ3) is 50.1. The van der Waals surface area contributed by atoms with Crippen molar-refractivity contribution in [2.24, 2.45) is 0 Å². The molecule has 6 nitrogen and oxygen atoms in total. The Morgan fingerprint density at radius 2 is 0.651 bits per heavy atom. The average Bonchev–Trinajstić information content (AvgIpc) is 3.28. The fourth-order valence-corrected chi connectivity index (χ4v) is 9.23. The van der Waals surface area contributed by atoms with Gasteiger partial charge >= 0.3 is 5.97 Å². The highest BCUT2D eigenvalue weighted by molar-refractivity contribution is 5.76. The number of aliphatic hydroxyl groups is 2. The number of nitrogens with one attached hydrogen (secondary N) is 1. The Kier molecular flexibility index (Phi) is 52.5. The molecule has 376 valence electrons. The molecule has 0 aromatic rings. The van der Waals surface area contributed by atoms with Crippen LogP contribution in [0.1, 0.15) is 328 Å². The first-order chi connectivity index (χ1) is 31.0. The summed E-state index contributed by atoms with van der Waals surface area (Å²) in [6, 6.07) is -0.543. The second-order valence-corrected chi connectivity index (χ2v) is 20.0. The van der Waals surface area contributed by atoms with Crippen LogP contribution in [0.5, 0.6) is 0 Å². The number of amides is 1. The van der Waals surface area contributed by atoms with Gasteiger partial charge in [-0.3, -0.25) is 9.59 Å². The molecule has 0 radical (unpaired) electrons. The van der Waals surface area contributed by atoms with Crippen LogP contribution in [0.4, 0.5) is 0 Å². The summed E-state index contributed by atoms with van der Waals surface area (Å²) in [5.41, 5.74) is 0. The topological polar surface area (TPSA) is 95.9 Å². The number of rotatable bonds is 54. The Morgan fingerprint density at radius 1 is 0.381 bits per heavy atom. The minimum atomic E-state index is -0.665. The number of unbranched alkanes of at least 4 members (excludes halogenated alkanes) is 43. The summed E-state index contributed by atoms with van der Waals surface area (Å²) in [5.74, 6) is -0.0278. The van der Waals surface area contributed by atoms with Crippen molar-refractivity contribution in [1.29, 1.82) is 0 Å². The number of hydrogen-bond donors (Lipinski definition) is 3. The Hall–Kier alpha value is -1.14. The lowest BCUT2D eigenvalue weighted by Gasteiger charge is -2.22. The van der Waals surface area contributed by atoms with Gasteiger partial charge in [0.05, 0.1) is 25.4 Å². The molecule has 2 atom stereocenters. The standard InChI is InChI=1S/C57H113NO5/c1-3-5-7-9-11-13-15-16-17-20-23-26-30-33-37-41-45-49-55(60)54(53-59)58-56(61)50-46-42-38-34-31-27-24-21-18-19-22-25-28-32-36-40-44-48-52-63-57(62)51-47-43-39-35-29-14-12-10-8-6-4-2/h54-55,59-60H,3-53H2,1-2H3,(H,58,61). The second-order valence-electron chi connectivity index (χ2n) is 20.0. The highest BCUT2D eigenvalue weighted by Gasteiger charge is 2.20. The summed E-state index contributed by atoms with van der Waals surface area (Å²) >= 11 is 0. The quantitative estimate of drug-likeness (QED) is 0.0418. The number of carbonyl (C=O) groups excluding carboxylic acids is 2. The van der Waals surface area contributed by atoms with Crippen molar-refractivity contribution in [1.82, 2.24) is 5.32 Å². The summed E-state index contributed by atoms with van der Waals surface area (Å²) in [4.78, 5) is 24.5. The Labute approximate surface area is 394 Å². The van der Waals surface area contributed by atoms with Crippen molar-refractivity contribution in [2.75, 3.05) is 13.2 Å². The molecule has 0 aromatic carbocycles. The molecule has 0 saturated carbocycles. The average molecular weight is 893 g/mol. The van der Waals surface area contributed by atoms with Gasteiger partial charge in [-0.05, 0) is 25.7 Å². The maximum atomic E-state index is 12.5. The zero-order valence-corrected chi connectivity index (χ0v) is 42.8. The van der Waals surface area contributed by atoms with Gasteiger partial charge in [0.25, 0.3) is 0 Å². The van der Waals surface area contributed by atoms with Gasteiger partial charge in [-0.15, -0.1) is 0 Å². The first-order valence-corrected chi connectivity index (χ1v) is 28.8. The van der Waals surface area contributed by atoms with E-state index in [0.29, 0.717) is 25.9 Å². The first kappa shape index (κ1) is 61.9. The van der Waals surface area contributed by atoms with Gasteiger partial charge < -0.3 is 20.3 Å². The predicted octanol–water partition coefficient (Wildman–Crippen LogP) is 17.5. The van der Waals surface area contributed by atoms with Crippen LogP contribution in [0, 0.1) is 0 Å². The van der Waals surface area contributed by atoms with Crippen LogP contribution in [-0.2, 0) is 14.3 Å². The van der Waals surface area contributed by atoms with Crippen molar-refractivity contribution in [3.63, 3.8) is 0 Å². The molecule has 1 amide bonds. The van der Waals surface area contributed by atoms with Gasteiger partial charge in [0.2, 0.25) is 5.91 Å². The van der Waals surface area contributed by atoms with E-state index >= 15 is 0 Å². The predicted molar refractivity (Wildman–Crippen MR) is 274 cm³/mol. The number of ether oxygens (including phenoxy) is 1. The highest BCUT2D eigenvalue weighted by atomic mass is 16.5. The molecule has 0 aliphatic rings. The van der Waals surface area contributed by atoms with Gasteiger partial charge in [-0.2, -0.15) is 0 Å². The molecule has 63 heavy (non-hydrogen) atoms. The van der Waals surface area contributed by atoms with Gasteiger partial charge in [0.15, 0.2) is 0 Å². The van der Waals surface area contributed by atoms with Crippen LogP contribution in [0.15, 0.2) is 0 Å². The molecule has 6 heteroatoms. The van der Waals surface area contributed by atoms with Crippen LogP contribution >= 0.6 is 0 Å². The third-order valence-electron chi connectivity index (χ3n) is 13.7. The number of carbonyl (C=O) groups is 2. The molecular formula is C57H113NO5. The third-order valence-corrected chi connectivity index (χ3v) is 13.7. The van der Waals surface area contributed by atoms with E-state index < -0.39 is 12.1 Å². The SMILES string of the molecule is CCCCCCCCCCCCCCCCCCCC(O)C(CO)NC(=O)CCCCCCCCCCCCCCCCCCCCOC(=O)CCCCCCCCCCCCC. The molecule has 0 aliphatic carbocycles. The van der Waals surface area contributed by atoms with Gasteiger partial charge in [0.1, 0.15) is 0 Å². The lowest BCUT2D eigenvalue weighted by atomic mass is 10.0. The highest BCUT2D eigenvalue weighted by Crippen LogP contribution is 2.18. The molecule has 0 aromatic heterocycles. The summed E-state index contributed by atoms with van der Waals surface area (Å²) in [6.45, 7) is 4.97. The monoisotopic (exact) mass is 892 g/mol. The molecule has 0 bridgehead atoms. The van der Waals surface area contributed by atoms with E-state index in [-0.39, 0.29) is 18.5 Å². The zero-order chi connectivity index (χ0) is 45.8. The van der Waals surface area contributed by atoms with Crippen molar-refractivity contribution < 1.29 is 24.5 Å². The van der Waals surface area contributed by atoms with E-state index in [0.717, 1.165) is 38.5 Å². The van der Waals surface area contributed by atoms with E-state index in [1.165, 1.54) is 257 Å². The fourth-order valence-electron chi connectivity index (χ4n) is 9.23. The zero-order valence-electron chi connectivity index (χ0n) is 42.8. The largest absolute Gasteiger partial charge is 0.466 e. The van der Waals surface area contributed by atoms with Crippen LogP contribution in [0.2, 0.25) is 0 Å². The Bertz CT molecular complexity index is 898. The van der Waals surface area contributed by atoms with Gasteiger partial charge in [0, 0.05) is 12.8 Å². The smallest absolute Gasteiger partial charge is 0.305 e. The Morgan fingerprint density at radius 3 is 0.968 bits per heavy atom. The van der Waals surface area contributed by atoms with Crippen LogP contribution < -0.4 is 5.32 Å². The minimum absolute atomic E-state index is 0.00792. The van der Waals surface area contributed by atoms with E-state index in [2.05, 4.69) is 19.2 Å². The maximum Gasteiger partial charge on any atom is 0.305 e. The molecule has 0 rings (SSSR count). The fraction of sp³-hybridized carbons (Fsp3) is 0.965. The summed E-state index contributed by atoms with van der Waals surface area (Å²) in [7, 11) is 0. The van der Waals surface area contributed by atoms with Gasteiger partial charge in [-0.25, -0.2) is 0 Å². The molecule has 0 fully saturated rings. The molecule has 0 spiro atoms. The van der Waals surface area contributed by atoms with Crippen molar-refractivity contribution >= 4 is 11.9 Å². The summed E-state index contributed by atoms with van der Waals surface area (Å²) in [5, 5.41) is 23.3. The minimum Gasteiger partial charge on any atom is -0.466 e. The van der Waals surface area contributed by atoms with Crippen LogP contribution in [0.25, 0.3) is 0 Å². The first-order valence-electron chi connectivity index (χ1n) is 28.8. The van der Waals surface area contributed by atoms with Crippen molar-refractivity contribution in [3.8, 4) is 0 Å². The van der Waals surface area contributed by atoms with Crippen molar-refractivity contribution in [3.05, 3.63) is 0 Å². The summed E-state index contributed by atoms with van der Waals surface area (Å²) < 4.78 is 5.46. The molecule has 0 aliphatic heterocycles. The lowest BCUT2D eigenvalue weighted by Crippen LogP contribution is -2.45. The van der Waals surface area contributed by atoms with E-state index in [1.54, 1.807) is 0 Å². The van der Waals surface area contributed by atoms with E-state index in [1.807, 2.05) is 0 Å². The maximum absolute atomic E-state index is 12.5. The molecule has 2 unspecified atom stereocenters. The van der Waals surface area contributed by atoms with E-state index in [4.69, 9.17) is 4.74 Å².